The Morgan fingerprint density at radius 2 is 1.73 bits per heavy atom. The van der Waals surface area contributed by atoms with Crippen LogP contribution in [0, 0.1) is 0 Å². The molecule has 1 aromatic heterocycles. The van der Waals surface area contributed by atoms with Gasteiger partial charge in [-0.1, -0.05) is 15.9 Å². The standard InChI is InChI=1S/C5H2Br4OS/c6-1-2(7)5(9)11-3(1)4(8)10/h4,10H. The van der Waals surface area contributed by atoms with Crippen LogP contribution in [0.1, 0.15) is 9.89 Å². The van der Waals surface area contributed by atoms with Gasteiger partial charge in [0.15, 0.2) is 0 Å². The summed E-state index contributed by atoms with van der Waals surface area (Å²) in [5, 5.41) is 8.59. The lowest BCUT2D eigenvalue weighted by Crippen LogP contribution is -1.81. The lowest BCUT2D eigenvalue weighted by Gasteiger charge is -1.97. The summed E-state index contributed by atoms with van der Waals surface area (Å²) in [6, 6.07) is 0. The second-order valence-electron chi connectivity index (χ2n) is 1.70. The molecule has 1 aromatic rings. The summed E-state index contributed by atoms with van der Waals surface area (Å²) in [5.41, 5.74) is 0. The smallest absolute Gasteiger partial charge is 0.144 e. The van der Waals surface area contributed by atoms with E-state index >= 15 is 0 Å². The van der Waals surface area contributed by atoms with Crippen LogP contribution >= 0.6 is 75.1 Å². The minimum atomic E-state index is -0.607. The number of alkyl halides is 1. The predicted octanol–water partition coefficient (Wildman–Crippen LogP) is 4.42. The summed E-state index contributed by atoms with van der Waals surface area (Å²) in [6.07, 6.45) is 0. The van der Waals surface area contributed by atoms with Crippen LogP contribution in [0.3, 0.4) is 0 Å². The van der Waals surface area contributed by atoms with E-state index in [0.29, 0.717) is 0 Å². The minimum absolute atomic E-state index is 0.607. The van der Waals surface area contributed by atoms with E-state index in [0.717, 1.165) is 17.6 Å². The zero-order valence-corrected chi connectivity index (χ0v) is 12.1. The normalized spacial score (nSPS) is 13.5. The van der Waals surface area contributed by atoms with Crippen molar-refractivity contribution in [3.63, 3.8) is 0 Å². The highest BCUT2D eigenvalue weighted by molar-refractivity contribution is 9.14. The van der Waals surface area contributed by atoms with Crippen molar-refractivity contribution in [2.45, 2.75) is 5.01 Å². The average Bonchev–Trinajstić information content (AvgIpc) is 2.17. The quantitative estimate of drug-likeness (QED) is 0.655. The Balaban J connectivity index is 3.19. The SMILES string of the molecule is OC(Br)c1sc(Br)c(Br)c1Br. The van der Waals surface area contributed by atoms with Crippen LogP contribution in [-0.2, 0) is 0 Å². The van der Waals surface area contributed by atoms with Gasteiger partial charge in [-0.25, -0.2) is 0 Å². The molecule has 1 heterocycles. The van der Waals surface area contributed by atoms with Crippen LogP contribution < -0.4 is 0 Å². The Hall–Kier alpha value is 1.58. The minimum Gasteiger partial charge on any atom is -0.376 e. The number of halogens is 4. The van der Waals surface area contributed by atoms with Crippen LogP contribution in [0.5, 0.6) is 0 Å². The monoisotopic (exact) mass is 426 g/mol. The number of aliphatic hydroxyl groups excluding tert-OH is 1. The summed E-state index contributed by atoms with van der Waals surface area (Å²) in [4.78, 5) is 0.851. The van der Waals surface area contributed by atoms with Crippen molar-refractivity contribution in [1.29, 1.82) is 0 Å². The molecule has 1 N–H and O–H groups in total. The first-order chi connectivity index (χ1) is 5.04. The van der Waals surface area contributed by atoms with Crippen molar-refractivity contribution in [3.8, 4) is 0 Å². The van der Waals surface area contributed by atoms with Gasteiger partial charge in [0.25, 0.3) is 0 Å². The van der Waals surface area contributed by atoms with Crippen molar-refractivity contribution in [2.24, 2.45) is 0 Å². The van der Waals surface area contributed by atoms with Crippen LogP contribution in [0.25, 0.3) is 0 Å². The zero-order chi connectivity index (χ0) is 8.59. The van der Waals surface area contributed by atoms with Crippen molar-refractivity contribution < 1.29 is 5.11 Å². The molecule has 1 unspecified atom stereocenters. The number of hydrogen-bond donors (Lipinski definition) is 1. The van der Waals surface area contributed by atoms with E-state index in [9.17, 15) is 5.11 Å². The number of thiophene rings is 1. The lowest BCUT2D eigenvalue weighted by molar-refractivity contribution is 0.280. The van der Waals surface area contributed by atoms with Crippen molar-refractivity contribution in [3.05, 3.63) is 17.6 Å². The number of hydrogen-bond acceptors (Lipinski definition) is 2. The lowest BCUT2D eigenvalue weighted by atomic mass is 10.5. The summed E-state index contributed by atoms with van der Waals surface area (Å²) < 4.78 is 2.80. The maximum atomic E-state index is 9.20. The van der Waals surface area contributed by atoms with Gasteiger partial charge in [-0.15, -0.1) is 11.3 Å². The van der Waals surface area contributed by atoms with Crippen LogP contribution in [0.4, 0.5) is 0 Å². The first-order valence-electron chi connectivity index (χ1n) is 2.49. The Kier molecular flexibility index (Phi) is 4.06. The molecule has 62 valence electrons. The third-order valence-electron chi connectivity index (χ3n) is 0.998. The molecule has 1 rings (SSSR count). The molecule has 0 fully saturated rings. The summed E-state index contributed by atoms with van der Waals surface area (Å²) in [5.74, 6) is 0. The molecule has 0 saturated carbocycles. The van der Waals surface area contributed by atoms with Gasteiger partial charge < -0.3 is 5.11 Å². The maximum absolute atomic E-state index is 9.20. The van der Waals surface area contributed by atoms with Gasteiger partial charge in [-0.05, 0) is 47.8 Å². The molecule has 11 heavy (non-hydrogen) atoms. The zero-order valence-electron chi connectivity index (χ0n) is 4.94. The number of aliphatic hydroxyl groups is 1. The molecule has 0 saturated heterocycles. The number of rotatable bonds is 1. The second kappa shape index (κ2) is 4.19. The molecule has 0 aliphatic carbocycles. The fourth-order valence-electron chi connectivity index (χ4n) is 0.534. The first kappa shape index (κ1) is 10.7. The summed E-state index contributed by atoms with van der Waals surface area (Å²) in [7, 11) is 0. The molecule has 0 aliphatic rings. The molecule has 1 nitrogen and oxygen atoms in total. The third kappa shape index (κ3) is 2.28. The Labute approximate surface area is 102 Å². The van der Waals surface area contributed by atoms with Crippen LogP contribution in [0.15, 0.2) is 12.7 Å². The highest BCUT2D eigenvalue weighted by Crippen LogP contribution is 2.44. The van der Waals surface area contributed by atoms with Gasteiger partial charge in [-0.2, -0.15) is 0 Å². The topological polar surface area (TPSA) is 20.2 Å². The Bertz CT molecular complexity index is 270. The van der Waals surface area contributed by atoms with Crippen molar-refractivity contribution in [1.82, 2.24) is 0 Å². The molecule has 6 heteroatoms. The molecule has 0 aromatic carbocycles. The van der Waals surface area contributed by atoms with Gasteiger partial charge in [0.1, 0.15) is 5.01 Å². The van der Waals surface area contributed by atoms with E-state index in [1.54, 1.807) is 0 Å². The summed E-state index contributed by atoms with van der Waals surface area (Å²) >= 11 is 14.6. The second-order valence-corrected chi connectivity index (χ2v) is 6.53. The van der Waals surface area contributed by atoms with E-state index in [4.69, 9.17) is 0 Å². The average molecular weight is 430 g/mol. The van der Waals surface area contributed by atoms with Gasteiger partial charge >= 0.3 is 0 Å². The first-order valence-corrected chi connectivity index (χ1v) is 6.60. The van der Waals surface area contributed by atoms with Gasteiger partial charge in [-0.3, -0.25) is 0 Å². The Morgan fingerprint density at radius 1 is 1.18 bits per heavy atom. The fraction of sp³-hybridized carbons (Fsp3) is 0.200. The van der Waals surface area contributed by atoms with Crippen LogP contribution in [0.2, 0.25) is 0 Å². The maximum Gasteiger partial charge on any atom is 0.144 e. The molecule has 0 bridgehead atoms. The summed E-state index contributed by atoms with van der Waals surface area (Å²) in [6.45, 7) is 0. The van der Waals surface area contributed by atoms with E-state index in [1.807, 2.05) is 0 Å². The van der Waals surface area contributed by atoms with Gasteiger partial charge in [0, 0.05) is 0 Å². The molecule has 0 radical (unpaired) electrons. The highest BCUT2D eigenvalue weighted by atomic mass is 79.9. The van der Waals surface area contributed by atoms with E-state index < -0.39 is 5.01 Å². The van der Waals surface area contributed by atoms with Gasteiger partial charge in [0.05, 0.1) is 17.6 Å². The molecule has 0 spiro atoms. The van der Waals surface area contributed by atoms with E-state index in [2.05, 4.69) is 63.7 Å². The molecule has 0 aliphatic heterocycles. The fourth-order valence-corrected chi connectivity index (χ4v) is 4.39. The van der Waals surface area contributed by atoms with Gasteiger partial charge in [0.2, 0.25) is 0 Å². The van der Waals surface area contributed by atoms with E-state index in [-0.39, 0.29) is 0 Å². The Morgan fingerprint density at radius 3 is 1.91 bits per heavy atom. The predicted molar refractivity (Wildman–Crippen MR) is 61.3 cm³/mol. The largest absolute Gasteiger partial charge is 0.376 e. The third-order valence-corrected chi connectivity index (χ3v) is 6.88. The molecular weight excluding hydrogens is 428 g/mol. The molecule has 0 amide bonds. The van der Waals surface area contributed by atoms with Crippen molar-refractivity contribution in [2.75, 3.05) is 0 Å². The molecule has 1 atom stereocenters. The van der Waals surface area contributed by atoms with Crippen LogP contribution in [-0.4, -0.2) is 5.11 Å². The highest BCUT2D eigenvalue weighted by Gasteiger charge is 2.16. The molecular formula is C5H2Br4OS. The van der Waals surface area contributed by atoms with Crippen molar-refractivity contribution >= 4 is 75.1 Å². The van der Waals surface area contributed by atoms with E-state index in [1.165, 1.54) is 11.3 Å².